The summed E-state index contributed by atoms with van der Waals surface area (Å²) in [4.78, 5) is 31.6. The molecule has 5 rings (SSSR count). The van der Waals surface area contributed by atoms with Gasteiger partial charge in [0.25, 0.3) is 5.91 Å². The van der Waals surface area contributed by atoms with Gasteiger partial charge >= 0.3 is 5.97 Å². The molecule has 1 aliphatic carbocycles. The molecule has 1 amide bonds. The summed E-state index contributed by atoms with van der Waals surface area (Å²) in [5, 5.41) is 18.6. The number of hydrogen-bond donors (Lipinski definition) is 2. The average molecular weight is 502 g/mol. The van der Waals surface area contributed by atoms with Gasteiger partial charge in [0.1, 0.15) is 17.7 Å². The molecule has 1 saturated carbocycles. The number of carbonyl (C=O) groups is 2. The second-order valence-corrected chi connectivity index (χ2v) is 9.79. The Morgan fingerprint density at radius 2 is 1.92 bits per heavy atom. The highest BCUT2D eigenvalue weighted by Crippen LogP contribution is 2.40. The molecule has 1 aliphatic heterocycles. The molecule has 2 fully saturated rings. The van der Waals surface area contributed by atoms with Gasteiger partial charge in [-0.2, -0.15) is 5.26 Å². The van der Waals surface area contributed by atoms with Gasteiger partial charge in [0.05, 0.1) is 17.7 Å². The van der Waals surface area contributed by atoms with E-state index in [1.54, 1.807) is 15.5 Å². The topological polar surface area (TPSA) is 125 Å². The Morgan fingerprint density at radius 1 is 1.16 bits per heavy atom. The predicted molar refractivity (Wildman–Crippen MR) is 135 cm³/mol. The van der Waals surface area contributed by atoms with Gasteiger partial charge in [-0.25, -0.2) is 9.37 Å². The number of rotatable bonds is 7. The van der Waals surface area contributed by atoms with Gasteiger partial charge in [-0.1, -0.05) is 12.1 Å². The maximum Gasteiger partial charge on any atom is 0.303 e. The average Bonchev–Trinajstić information content (AvgIpc) is 3.67. The molecular formula is C28H28FN5O3. The summed E-state index contributed by atoms with van der Waals surface area (Å²) in [6, 6.07) is 13.8. The number of carboxylic acid groups (broad SMARTS) is 1. The highest BCUT2D eigenvalue weighted by molar-refractivity contribution is 5.95. The first kappa shape index (κ1) is 24.7. The number of carbonyl (C=O) groups excluding carboxylic acids is 1. The molecule has 0 unspecified atom stereocenters. The van der Waals surface area contributed by atoms with Crippen molar-refractivity contribution >= 4 is 11.9 Å². The molecule has 37 heavy (non-hydrogen) atoms. The van der Waals surface area contributed by atoms with Crippen LogP contribution in [0.4, 0.5) is 4.39 Å². The Morgan fingerprint density at radius 3 is 2.54 bits per heavy atom. The van der Waals surface area contributed by atoms with Crippen LogP contribution in [0.25, 0.3) is 17.1 Å². The van der Waals surface area contributed by atoms with Gasteiger partial charge in [-0.05, 0) is 67.5 Å². The van der Waals surface area contributed by atoms with Gasteiger partial charge in [-0.15, -0.1) is 0 Å². The summed E-state index contributed by atoms with van der Waals surface area (Å²) in [7, 11) is 0. The van der Waals surface area contributed by atoms with Crippen LogP contribution in [0, 0.1) is 17.1 Å². The van der Waals surface area contributed by atoms with E-state index in [1.807, 2.05) is 30.3 Å². The SMILES string of the molecule is N#Cc1ccc(-c2nc(C(=O)N3CCC[C@H](N)C3)c(CCC(=O)O)n2-c2ccc(C3CC3)cc2)cc1F. The van der Waals surface area contributed by atoms with E-state index in [-0.39, 0.29) is 36.0 Å². The summed E-state index contributed by atoms with van der Waals surface area (Å²) in [5.41, 5.74) is 8.92. The summed E-state index contributed by atoms with van der Waals surface area (Å²) < 4.78 is 16.4. The molecule has 9 heteroatoms. The second-order valence-electron chi connectivity index (χ2n) is 9.79. The highest BCUT2D eigenvalue weighted by atomic mass is 19.1. The van der Waals surface area contributed by atoms with E-state index in [0.29, 0.717) is 41.8 Å². The van der Waals surface area contributed by atoms with Crippen molar-refractivity contribution in [1.82, 2.24) is 14.5 Å². The van der Waals surface area contributed by atoms with Crippen molar-refractivity contribution in [1.29, 1.82) is 5.26 Å². The van der Waals surface area contributed by atoms with E-state index in [9.17, 15) is 24.3 Å². The molecule has 0 spiro atoms. The van der Waals surface area contributed by atoms with Gasteiger partial charge in [0, 0.05) is 36.8 Å². The second kappa shape index (κ2) is 10.1. The van der Waals surface area contributed by atoms with Crippen molar-refractivity contribution in [3.8, 4) is 23.1 Å². The Bertz CT molecular complexity index is 1390. The standard InChI is InChI=1S/C28H28FN5O3/c29-23-14-19(5-6-20(23)15-30)27-32-26(28(37)33-13-1-2-21(31)16-33)24(11-12-25(35)36)34(27)22-9-7-18(8-10-22)17-3-4-17/h5-10,14,17,21H,1-4,11-13,16,31H2,(H,35,36)/t21-/m0/s1. The summed E-state index contributed by atoms with van der Waals surface area (Å²) in [6.07, 6.45) is 3.77. The van der Waals surface area contributed by atoms with Crippen LogP contribution in [0.2, 0.25) is 0 Å². The maximum absolute atomic E-state index is 14.6. The van der Waals surface area contributed by atoms with Crippen LogP contribution in [0.5, 0.6) is 0 Å². The fourth-order valence-corrected chi connectivity index (χ4v) is 4.95. The smallest absolute Gasteiger partial charge is 0.303 e. The minimum atomic E-state index is -0.999. The van der Waals surface area contributed by atoms with E-state index < -0.39 is 11.8 Å². The largest absolute Gasteiger partial charge is 0.481 e. The van der Waals surface area contributed by atoms with Crippen molar-refractivity contribution in [2.75, 3.05) is 13.1 Å². The third kappa shape index (κ3) is 5.11. The number of amides is 1. The minimum Gasteiger partial charge on any atom is -0.481 e. The number of hydrogen-bond acceptors (Lipinski definition) is 5. The first-order valence-corrected chi connectivity index (χ1v) is 12.5. The normalized spacial score (nSPS) is 17.4. The lowest BCUT2D eigenvalue weighted by Gasteiger charge is -2.30. The van der Waals surface area contributed by atoms with Gasteiger partial charge < -0.3 is 15.7 Å². The number of aromatic nitrogens is 2. The highest BCUT2D eigenvalue weighted by Gasteiger charge is 2.30. The van der Waals surface area contributed by atoms with Gasteiger partial charge in [0.2, 0.25) is 0 Å². The number of nitrogens with two attached hydrogens (primary N) is 1. The molecule has 2 aliphatic rings. The fourth-order valence-electron chi connectivity index (χ4n) is 4.95. The Balaban J connectivity index is 1.68. The van der Waals surface area contributed by atoms with E-state index in [1.165, 1.54) is 17.7 Å². The van der Waals surface area contributed by atoms with Gasteiger partial charge in [0.15, 0.2) is 5.69 Å². The molecular weight excluding hydrogens is 473 g/mol. The number of likely N-dealkylation sites (tertiary alicyclic amines) is 1. The zero-order valence-electron chi connectivity index (χ0n) is 20.4. The summed E-state index contributed by atoms with van der Waals surface area (Å²) in [5.74, 6) is -1.15. The number of aliphatic carboxylic acids is 1. The van der Waals surface area contributed by atoms with E-state index in [2.05, 4.69) is 4.98 Å². The molecule has 1 saturated heterocycles. The molecule has 2 aromatic carbocycles. The summed E-state index contributed by atoms with van der Waals surface area (Å²) in [6.45, 7) is 0.926. The number of nitriles is 1. The van der Waals surface area contributed by atoms with Crippen molar-refractivity contribution in [3.05, 3.63) is 70.8 Å². The van der Waals surface area contributed by atoms with Crippen molar-refractivity contribution in [2.45, 2.75) is 50.5 Å². The van der Waals surface area contributed by atoms with Crippen molar-refractivity contribution in [3.63, 3.8) is 0 Å². The number of halogens is 1. The molecule has 1 aromatic heterocycles. The van der Waals surface area contributed by atoms with Gasteiger partial charge in [-0.3, -0.25) is 14.2 Å². The Hall–Kier alpha value is -4.03. The molecule has 8 nitrogen and oxygen atoms in total. The van der Waals surface area contributed by atoms with Crippen molar-refractivity contribution < 1.29 is 19.1 Å². The Kier molecular flexibility index (Phi) is 6.76. The maximum atomic E-state index is 14.6. The Labute approximate surface area is 214 Å². The first-order valence-electron chi connectivity index (χ1n) is 12.5. The lowest BCUT2D eigenvalue weighted by Crippen LogP contribution is -2.46. The monoisotopic (exact) mass is 501 g/mol. The quantitative estimate of drug-likeness (QED) is 0.504. The van der Waals surface area contributed by atoms with Crippen LogP contribution < -0.4 is 5.73 Å². The third-order valence-corrected chi connectivity index (χ3v) is 7.04. The molecule has 2 heterocycles. The fraction of sp³-hybridized carbons (Fsp3) is 0.357. The third-order valence-electron chi connectivity index (χ3n) is 7.04. The molecule has 3 aromatic rings. The van der Waals surface area contributed by atoms with E-state index in [0.717, 1.165) is 25.7 Å². The predicted octanol–water partition coefficient (Wildman–Crippen LogP) is 4.01. The number of piperidine rings is 1. The molecule has 0 radical (unpaired) electrons. The van der Waals surface area contributed by atoms with Crippen LogP contribution >= 0.6 is 0 Å². The van der Waals surface area contributed by atoms with Crippen molar-refractivity contribution in [2.24, 2.45) is 5.73 Å². The lowest BCUT2D eigenvalue weighted by molar-refractivity contribution is -0.137. The van der Waals surface area contributed by atoms with Crippen LogP contribution in [-0.2, 0) is 11.2 Å². The zero-order valence-corrected chi connectivity index (χ0v) is 20.4. The molecule has 0 bridgehead atoms. The number of carboxylic acids is 1. The van der Waals surface area contributed by atoms with E-state index >= 15 is 0 Å². The van der Waals surface area contributed by atoms with Crippen LogP contribution in [0.1, 0.15) is 65.3 Å². The number of imidazole rings is 1. The minimum absolute atomic E-state index is 0.0619. The van der Waals surface area contributed by atoms with Crippen LogP contribution in [0.15, 0.2) is 42.5 Å². The lowest BCUT2D eigenvalue weighted by atomic mass is 10.1. The zero-order chi connectivity index (χ0) is 26.1. The number of nitrogens with zero attached hydrogens (tertiary/aromatic N) is 4. The number of benzene rings is 2. The van der Waals surface area contributed by atoms with Crippen LogP contribution in [-0.4, -0.2) is 50.6 Å². The first-order chi connectivity index (χ1) is 17.9. The summed E-state index contributed by atoms with van der Waals surface area (Å²) >= 11 is 0. The molecule has 3 N–H and O–H groups in total. The van der Waals surface area contributed by atoms with Crippen LogP contribution in [0.3, 0.4) is 0 Å². The molecule has 1 atom stereocenters. The van der Waals surface area contributed by atoms with E-state index in [4.69, 9.17) is 5.73 Å². The molecule has 190 valence electrons.